The average Bonchev–Trinajstić information content (AvgIpc) is 3.55. The molecule has 1 N–H and O–H groups in total. The van der Waals surface area contributed by atoms with Crippen molar-refractivity contribution in [1.82, 2.24) is 9.55 Å². The molecule has 3 aromatic carbocycles. The van der Waals surface area contributed by atoms with E-state index in [4.69, 9.17) is 19.2 Å². The van der Waals surface area contributed by atoms with E-state index in [1.165, 1.54) is 11.3 Å². The lowest BCUT2D eigenvalue weighted by Crippen LogP contribution is -2.40. The number of thiazole rings is 1. The highest BCUT2D eigenvalue weighted by Gasteiger charge is 2.34. The third-order valence-corrected chi connectivity index (χ3v) is 8.72. The van der Waals surface area contributed by atoms with Crippen LogP contribution in [0.15, 0.2) is 87.8 Å². The standard InChI is InChI=1S/C35H33N3O5S/c1-6-42-27-18-23(16-17-26(27)41-5)32-29(34(40)43-7-2)21(4)36-35-38(32)33(39)28(44-35)19-25-24-15-11-12-20(3)30(24)37-31(25)22-13-9-8-10-14-22/h8-19,32,37H,6-7H2,1-5H3/b28-19+/t32-/m1/s1. The smallest absolute Gasteiger partial charge is 0.338 e. The molecule has 0 bridgehead atoms. The topological polar surface area (TPSA) is 94.9 Å². The first kappa shape index (κ1) is 29.2. The Morgan fingerprint density at radius 2 is 1.82 bits per heavy atom. The average molecular weight is 608 g/mol. The molecule has 5 aromatic rings. The molecular weight excluding hydrogens is 574 g/mol. The zero-order valence-corrected chi connectivity index (χ0v) is 26.1. The summed E-state index contributed by atoms with van der Waals surface area (Å²) in [6, 6.07) is 20.9. The van der Waals surface area contributed by atoms with Crippen LogP contribution >= 0.6 is 11.3 Å². The molecule has 0 saturated carbocycles. The Kier molecular flexibility index (Phi) is 7.97. The molecule has 1 atom stereocenters. The van der Waals surface area contributed by atoms with Gasteiger partial charge in [-0.05, 0) is 62.6 Å². The highest BCUT2D eigenvalue weighted by Crippen LogP contribution is 2.37. The largest absolute Gasteiger partial charge is 0.493 e. The molecule has 1 aliphatic rings. The van der Waals surface area contributed by atoms with Gasteiger partial charge < -0.3 is 19.2 Å². The van der Waals surface area contributed by atoms with Crippen LogP contribution in [0.5, 0.6) is 11.5 Å². The van der Waals surface area contributed by atoms with Crippen LogP contribution in [0, 0.1) is 6.92 Å². The number of nitrogens with one attached hydrogen (secondary N) is 1. The Morgan fingerprint density at radius 1 is 1.02 bits per heavy atom. The maximum absolute atomic E-state index is 14.4. The summed E-state index contributed by atoms with van der Waals surface area (Å²) in [4.78, 5) is 36.6. The minimum atomic E-state index is -0.767. The molecule has 8 nitrogen and oxygen atoms in total. The van der Waals surface area contributed by atoms with Crippen LogP contribution < -0.4 is 24.4 Å². The van der Waals surface area contributed by atoms with Gasteiger partial charge in [-0.1, -0.05) is 65.9 Å². The number of ether oxygens (including phenoxy) is 3. The van der Waals surface area contributed by atoms with Crippen molar-refractivity contribution < 1.29 is 19.0 Å². The van der Waals surface area contributed by atoms with Gasteiger partial charge in [0.1, 0.15) is 0 Å². The van der Waals surface area contributed by atoms with E-state index >= 15 is 0 Å². The number of carbonyl (C=O) groups is 1. The molecule has 0 spiro atoms. The number of benzene rings is 3. The van der Waals surface area contributed by atoms with Crippen molar-refractivity contribution in [2.75, 3.05) is 20.3 Å². The lowest BCUT2D eigenvalue weighted by molar-refractivity contribution is -0.139. The normalized spacial score (nSPS) is 14.8. The quantitative estimate of drug-likeness (QED) is 0.230. The summed E-state index contributed by atoms with van der Waals surface area (Å²) in [5.74, 6) is 0.568. The fourth-order valence-corrected chi connectivity index (χ4v) is 6.77. The number of nitrogens with zero attached hydrogens (tertiary/aromatic N) is 2. The molecule has 9 heteroatoms. The molecule has 224 valence electrons. The van der Waals surface area contributed by atoms with E-state index in [-0.39, 0.29) is 12.2 Å². The number of aryl methyl sites for hydroxylation is 1. The Labute approximate surface area is 258 Å². The number of aromatic amines is 1. The fourth-order valence-electron chi connectivity index (χ4n) is 5.74. The van der Waals surface area contributed by atoms with Gasteiger partial charge >= 0.3 is 5.97 Å². The van der Waals surface area contributed by atoms with Crippen LogP contribution in [0.2, 0.25) is 0 Å². The third-order valence-electron chi connectivity index (χ3n) is 7.74. The molecule has 6 rings (SSSR count). The van der Waals surface area contributed by atoms with Gasteiger partial charge in [0, 0.05) is 16.5 Å². The molecular formula is C35H33N3O5S. The number of esters is 1. The van der Waals surface area contributed by atoms with Gasteiger partial charge in [0.25, 0.3) is 5.56 Å². The first-order valence-electron chi connectivity index (χ1n) is 14.5. The lowest BCUT2D eigenvalue weighted by atomic mass is 9.95. The van der Waals surface area contributed by atoms with Crippen LogP contribution in [-0.4, -0.2) is 35.8 Å². The monoisotopic (exact) mass is 607 g/mol. The number of allylic oxidation sites excluding steroid dienone is 1. The fraction of sp³-hybridized carbons (Fsp3) is 0.229. The van der Waals surface area contributed by atoms with E-state index in [2.05, 4.69) is 24.0 Å². The maximum Gasteiger partial charge on any atom is 0.338 e. The van der Waals surface area contributed by atoms with Crippen molar-refractivity contribution in [3.05, 3.63) is 114 Å². The maximum atomic E-state index is 14.4. The van der Waals surface area contributed by atoms with Gasteiger partial charge in [0.05, 0.1) is 47.9 Å². The zero-order valence-electron chi connectivity index (χ0n) is 25.3. The first-order valence-corrected chi connectivity index (χ1v) is 15.3. The third kappa shape index (κ3) is 5.03. The minimum Gasteiger partial charge on any atom is -0.493 e. The molecule has 0 fully saturated rings. The van der Waals surface area contributed by atoms with Gasteiger partial charge in [-0.2, -0.15) is 0 Å². The van der Waals surface area contributed by atoms with Gasteiger partial charge in [-0.25, -0.2) is 9.79 Å². The highest BCUT2D eigenvalue weighted by atomic mass is 32.1. The van der Waals surface area contributed by atoms with E-state index in [0.29, 0.717) is 44.3 Å². The molecule has 3 heterocycles. The van der Waals surface area contributed by atoms with Crippen LogP contribution in [-0.2, 0) is 9.53 Å². The summed E-state index contributed by atoms with van der Waals surface area (Å²) in [6.45, 7) is 8.11. The van der Waals surface area contributed by atoms with E-state index < -0.39 is 12.0 Å². The number of hydrogen-bond acceptors (Lipinski definition) is 7. The minimum absolute atomic E-state index is 0.196. The zero-order chi connectivity index (χ0) is 31.0. The van der Waals surface area contributed by atoms with Crippen molar-refractivity contribution in [2.45, 2.75) is 33.7 Å². The predicted molar refractivity (Wildman–Crippen MR) is 173 cm³/mol. The summed E-state index contributed by atoms with van der Waals surface area (Å²) in [5, 5.41) is 1.02. The molecule has 0 amide bonds. The number of methoxy groups -OCH3 is 1. The molecule has 0 saturated heterocycles. The summed E-state index contributed by atoms with van der Waals surface area (Å²) in [6.07, 6.45) is 1.94. The molecule has 1 aliphatic heterocycles. The van der Waals surface area contributed by atoms with Crippen LogP contribution in [0.25, 0.3) is 28.2 Å². The molecule has 2 aromatic heterocycles. The summed E-state index contributed by atoms with van der Waals surface area (Å²) in [7, 11) is 1.57. The van der Waals surface area contributed by atoms with Gasteiger partial charge in [-0.15, -0.1) is 0 Å². The number of rotatable bonds is 8. The summed E-state index contributed by atoms with van der Waals surface area (Å²) >= 11 is 1.30. The van der Waals surface area contributed by atoms with E-state index in [9.17, 15) is 9.59 Å². The second-order valence-electron chi connectivity index (χ2n) is 10.4. The number of fused-ring (bicyclic) bond motifs is 2. The summed E-state index contributed by atoms with van der Waals surface area (Å²) in [5.41, 5.74) is 6.24. The number of aromatic nitrogens is 2. The van der Waals surface area contributed by atoms with E-state index in [1.54, 1.807) is 31.6 Å². The van der Waals surface area contributed by atoms with Crippen molar-refractivity contribution in [1.29, 1.82) is 0 Å². The molecule has 0 unspecified atom stereocenters. The van der Waals surface area contributed by atoms with Crippen molar-refractivity contribution >= 4 is 34.3 Å². The molecule has 0 aliphatic carbocycles. The highest BCUT2D eigenvalue weighted by molar-refractivity contribution is 7.07. The number of hydrogen-bond donors (Lipinski definition) is 1. The van der Waals surface area contributed by atoms with Crippen molar-refractivity contribution in [2.24, 2.45) is 4.99 Å². The number of para-hydroxylation sites is 1. The lowest BCUT2D eigenvalue weighted by Gasteiger charge is -2.25. The van der Waals surface area contributed by atoms with Gasteiger partial charge in [0.15, 0.2) is 16.3 Å². The van der Waals surface area contributed by atoms with Crippen LogP contribution in [0.4, 0.5) is 0 Å². The molecule has 44 heavy (non-hydrogen) atoms. The van der Waals surface area contributed by atoms with Crippen LogP contribution in [0.1, 0.15) is 43.5 Å². The van der Waals surface area contributed by atoms with Crippen molar-refractivity contribution in [3.8, 4) is 22.8 Å². The predicted octanol–water partition coefficient (Wildman–Crippen LogP) is 5.66. The Morgan fingerprint density at radius 3 is 2.55 bits per heavy atom. The van der Waals surface area contributed by atoms with Crippen molar-refractivity contribution in [3.63, 3.8) is 0 Å². The summed E-state index contributed by atoms with van der Waals surface area (Å²) < 4.78 is 18.9. The second-order valence-corrected chi connectivity index (χ2v) is 11.4. The van der Waals surface area contributed by atoms with E-state index in [1.807, 2.05) is 61.5 Å². The second kappa shape index (κ2) is 12.0. The Hall–Kier alpha value is -4.89. The van der Waals surface area contributed by atoms with E-state index in [0.717, 1.165) is 33.3 Å². The molecule has 0 radical (unpaired) electrons. The SMILES string of the molecule is CCOC(=O)C1=C(C)N=c2s/c(=C/c3c(-c4ccccc4)[nH]c4c(C)cccc34)c(=O)n2[C@@H]1c1ccc(OC)c(OCC)c1. The first-order chi connectivity index (χ1) is 21.4. The Balaban J connectivity index is 1.61. The number of H-pyrrole nitrogens is 1. The Bertz CT molecular complexity index is 2100. The van der Waals surface area contributed by atoms with Gasteiger partial charge in [0.2, 0.25) is 0 Å². The van der Waals surface area contributed by atoms with Crippen LogP contribution in [0.3, 0.4) is 0 Å². The van der Waals surface area contributed by atoms with Gasteiger partial charge in [-0.3, -0.25) is 9.36 Å². The number of carbonyl (C=O) groups excluding carboxylic acids is 1.